The molecule has 13 heteroatoms. The maximum absolute atomic E-state index is 13.5. The number of amides is 1. The molecule has 2 aliphatic rings. The van der Waals surface area contributed by atoms with Gasteiger partial charge in [0.15, 0.2) is 0 Å². The number of benzene rings is 2. The number of fused-ring (bicyclic) bond motifs is 1. The smallest absolute Gasteiger partial charge is 0.262 e. The van der Waals surface area contributed by atoms with Gasteiger partial charge in [-0.05, 0) is 43.5 Å². The molecule has 2 aromatic carbocycles. The Balaban J connectivity index is 1.13. The van der Waals surface area contributed by atoms with Crippen LogP contribution in [0.3, 0.4) is 0 Å². The third-order valence-corrected chi connectivity index (χ3v) is 10.6. The largest absolute Gasteiger partial charge is 0.481 e. The minimum Gasteiger partial charge on any atom is -0.481 e. The summed E-state index contributed by atoms with van der Waals surface area (Å²) < 4.78 is 12.5. The Hall–Kier alpha value is -4.36. The van der Waals surface area contributed by atoms with Crippen molar-refractivity contribution in [2.45, 2.75) is 57.5 Å². The van der Waals surface area contributed by atoms with Crippen LogP contribution in [0, 0.1) is 6.92 Å². The quantitative estimate of drug-likeness (QED) is 0.142. The average molecular weight is 744 g/mol. The van der Waals surface area contributed by atoms with Gasteiger partial charge in [-0.1, -0.05) is 65.7 Å². The third-order valence-electron chi connectivity index (χ3n) is 9.80. The van der Waals surface area contributed by atoms with Crippen LogP contribution >= 0.6 is 23.2 Å². The van der Waals surface area contributed by atoms with Crippen molar-refractivity contribution in [3.05, 3.63) is 104 Å². The van der Waals surface area contributed by atoms with E-state index in [4.69, 9.17) is 42.6 Å². The number of pyridine rings is 2. The number of halogens is 2. The highest BCUT2D eigenvalue weighted by Gasteiger charge is 2.24. The van der Waals surface area contributed by atoms with Gasteiger partial charge >= 0.3 is 0 Å². The summed E-state index contributed by atoms with van der Waals surface area (Å²) in [6.07, 6.45) is 3.16. The number of carbonyl (C=O) groups excluding carboxylic acids is 1. The molecule has 5 heterocycles. The van der Waals surface area contributed by atoms with Gasteiger partial charge in [-0.25, -0.2) is 9.97 Å². The number of hydrogen-bond donors (Lipinski definition) is 4. The normalized spacial score (nSPS) is 18.9. The number of nitrogens with one attached hydrogen (secondary N) is 3. The van der Waals surface area contributed by atoms with E-state index in [-0.39, 0.29) is 30.2 Å². The lowest BCUT2D eigenvalue weighted by atomic mass is 9.97. The van der Waals surface area contributed by atoms with E-state index in [0.29, 0.717) is 77.6 Å². The van der Waals surface area contributed by atoms with Crippen LogP contribution in [0.1, 0.15) is 36.1 Å². The number of hydrogen-bond acceptors (Lipinski definition) is 9. The fourth-order valence-corrected chi connectivity index (χ4v) is 7.55. The Morgan fingerprint density at radius 3 is 2.46 bits per heavy atom. The molecule has 4 N–H and O–H groups in total. The summed E-state index contributed by atoms with van der Waals surface area (Å²) in [5, 5.41) is 20.9. The number of methoxy groups -OCH3 is 1. The lowest BCUT2D eigenvalue weighted by Crippen LogP contribution is -2.46. The third kappa shape index (κ3) is 7.43. The number of aliphatic hydroxyl groups excluding tert-OH is 1. The van der Waals surface area contributed by atoms with E-state index in [2.05, 4.69) is 16.0 Å². The molecule has 3 aromatic heterocycles. The fourth-order valence-electron chi connectivity index (χ4n) is 6.89. The van der Waals surface area contributed by atoms with Gasteiger partial charge in [0.2, 0.25) is 11.8 Å². The van der Waals surface area contributed by atoms with Gasteiger partial charge in [-0.15, -0.1) is 0 Å². The van der Waals surface area contributed by atoms with Crippen molar-refractivity contribution in [1.29, 1.82) is 0 Å². The molecule has 3 atom stereocenters. The molecule has 270 valence electrons. The van der Waals surface area contributed by atoms with E-state index in [0.717, 1.165) is 39.8 Å². The van der Waals surface area contributed by atoms with Crippen LogP contribution in [0.2, 0.25) is 10.0 Å². The molecule has 0 unspecified atom stereocenters. The Morgan fingerprint density at radius 2 is 1.73 bits per heavy atom. The van der Waals surface area contributed by atoms with E-state index < -0.39 is 6.10 Å². The van der Waals surface area contributed by atoms with Crippen molar-refractivity contribution in [3.8, 4) is 39.4 Å². The maximum atomic E-state index is 13.5. The van der Waals surface area contributed by atoms with E-state index in [1.807, 2.05) is 67.6 Å². The first-order valence-corrected chi connectivity index (χ1v) is 18.1. The van der Waals surface area contributed by atoms with Gasteiger partial charge in [-0.3, -0.25) is 14.0 Å². The highest BCUT2D eigenvalue weighted by atomic mass is 35.5. The summed E-state index contributed by atoms with van der Waals surface area (Å²) >= 11 is 14.2. The first kappa shape index (κ1) is 36.0. The van der Waals surface area contributed by atoms with Crippen molar-refractivity contribution in [2.75, 3.05) is 26.9 Å². The summed E-state index contributed by atoms with van der Waals surface area (Å²) in [5.74, 6) is 0.580. The van der Waals surface area contributed by atoms with Crippen molar-refractivity contribution in [1.82, 2.24) is 30.3 Å². The maximum Gasteiger partial charge on any atom is 0.262 e. The molecule has 0 radical (unpaired) electrons. The van der Waals surface area contributed by atoms with Crippen LogP contribution in [0.25, 0.3) is 39.2 Å². The average Bonchev–Trinajstić information content (AvgIpc) is 3.57. The Bertz CT molecular complexity index is 2190. The lowest BCUT2D eigenvalue weighted by molar-refractivity contribution is -0.119. The van der Waals surface area contributed by atoms with E-state index in [1.54, 1.807) is 13.3 Å². The Labute approximate surface area is 311 Å². The second-order valence-corrected chi connectivity index (χ2v) is 13.9. The van der Waals surface area contributed by atoms with E-state index in [9.17, 15) is 14.7 Å². The zero-order chi connectivity index (χ0) is 36.4. The molecule has 2 fully saturated rings. The molecule has 0 spiro atoms. The Kier molecular flexibility index (Phi) is 10.9. The number of aliphatic hydroxyl groups is 1. The molecule has 0 bridgehead atoms. The first-order valence-electron chi connectivity index (χ1n) is 17.3. The van der Waals surface area contributed by atoms with Gasteiger partial charge in [0, 0.05) is 84.5 Å². The fraction of sp³-hybridized carbons (Fsp3) is 0.333. The minimum atomic E-state index is -0.620. The molecule has 7 rings (SSSR count). The summed E-state index contributed by atoms with van der Waals surface area (Å²) in [6, 6.07) is 19.1. The van der Waals surface area contributed by atoms with Crippen LogP contribution in [0.15, 0.2) is 71.7 Å². The van der Waals surface area contributed by atoms with Gasteiger partial charge < -0.3 is 30.5 Å². The van der Waals surface area contributed by atoms with Crippen molar-refractivity contribution < 1.29 is 19.4 Å². The Morgan fingerprint density at radius 1 is 0.981 bits per heavy atom. The summed E-state index contributed by atoms with van der Waals surface area (Å²) in [5.41, 5.74) is 6.83. The number of carbonyl (C=O) groups is 1. The van der Waals surface area contributed by atoms with Gasteiger partial charge in [0.05, 0.1) is 41.1 Å². The SMILES string of the molecule is COc1nc(-c2cccc(-c3cccc(-c4ccn5c(=O)c(CN[C@@H]6CCOC[C@H]6O)c(C)nc5c4)c3Cl)c2Cl)ccc1CNC[C@H]1CCC(=O)N1. The zero-order valence-corrected chi connectivity index (χ0v) is 30.4. The van der Waals surface area contributed by atoms with Crippen LogP contribution in [-0.2, 0) is 22.6 Å². The highest BCUT2D eigenvalue weighted by Crippen LogP contribution is 2.42. The van der Waals surface area contributed by atoms with Crippen molar-refractivity contribution >= 4 is 34.8 Å². The van der Waals surface area contributed by atoms with Crippen LogP contribution in [0.5, 0.6) is 5.88 Å². The molecule has 0 saturated carbocycles. The van der Waals surface area contributed by atoms with Gasteiger partial charge in [0.1, 0.15) is 5.65 Å². The topological polar surface area (TPSA) is 139 Å². The molecule has 2 aliphatic heterocycles. The summed E-state index contributed by atoms with van der Waals surface area (Å²) in [6.45, 7) is 4.17. The summed E-state index contributed by atoms with van der Waals surface area (Å²) in [4.78, 5) is 34.6. The van der Waals surface area contributed by atoms with Crippen LogP contribution < -0.4 is 26.2 Å². The molecule has 52 heavy (non-hydrogen) atoms. The van der Waals surface area contributed by atoms with Crippen LogP contribution in [0.4, 0.5) is 0 Å². The number of aromatic nitrogens is 3. The van der Waals surface area contributed by atoms with E-state index >= 15 is 0 Å². The van der Waals surface area contributed by atoms with Gasteiger partial charge in [0.25, 0.3) is 5.56 Å². The standard InChI is InChI=1S/C39H40Cl2N6O5/c1-22-30(20-43-32-14-16-52-21-33(32)48)39(50)47-15-13-23(17-34(47)44-22)26-5-3-6-27(36(26)40)28-7-4-8-29(37(28)41)31-11-9-24(38(46-31)51-2)18-42-19-25-10-12-35(49)45-25/h3-9,11,13,15,17,25,32-33,42-43,48H,10,12,14,16,18-21H2,1-2H3,(H,45,49)/t25-,32-,33-/m1/s1. The number of rotatable bonds is 11. The molecule has 11 nitrogen and oxygen atoms in total. The predicted octanol–water partition coefficient (Wildman–Crippen LogP) is 5.32. The van der Waals surface area contributed by atoms with Crippen LogP contribution in [-0.4, -0.2) is 70.4 Å². The molecule has 5 aromatic rings. The monoisotopic (exact) mass is 742 g/mol. The number of aryl methyl sites for hydroxylation is 1. The molecule has 1 amide bonds. The van der Waals surface area contributed by atoms with Gasteiger partial charge in [-0.2, -0.15) is 0 Å². The second kappa shape index (κ2) is 15.7. The first-order chi connectivity index (χ1) is 25.2. The number of ether oxygens (including phenoxy) is 2. The number of nitrogens with zero attached hydrogens (tertiary/aromatic N) is 3. The van der Waals surface area contributed by atoms with Crippen molar-refractivity contribution in [2.24, 2.45) is 0 Å². The zero-order valence-electron chi connectivity index (χ0n) is 28.9. The van der Waals surface area contributed by atoms with Crippen molar-refractivity contribution in [3.63, 3.8) is 0 Å². The molecule has 0 aliphatic carbocycles. The highest BCUT2D eigenvalue weighted by molar-refractivity contribution is 6.39. The second-order valence-electron chi connectivity index (χ2n) is 13.2. The predicted molar refractivity (Wildman–Crippen MR) is 202 cm³/mol. The molecular formula is C39H40Cl2N6O5. The molecule has 2 saturated heterocycles. The lowest BCUT2D eigenvalue weighted by Gasteiger charge is -2.28. The minimum absolute atomic E-state index is 0.0917. The molecular weight excluding hydrogens is 703 g/mol. The van der Waals surface area contributed by atoms with E-state index in [1.165, 1.54) is 4.40 Å². The summed E-state index contributed by atoms with van der Waals surface area (Å²) in [7, 11) is 1.59.